The second kappa shape index (κ2) is 9.36. The second-order valence-electron chi connectivity index (χ2n) is 9.31. The van der Waals surface area contributed by atoms with E-state index in [9.17, 15) is 0 Å². The summed E-state index contributed by atoms with van der Waals surface area (Å²) in [6.45, 7) is 7.86. The molecule has 6 aromatic rings. The molecule has 3 heterocycles. The first kappa shape index (κ1) is 22.7. The maximum atomic E-state index is 5.92. The summed E-state index contributed by atoms with van der Waals surface area (Å²) in [6.07, 6.45) is 9.58. The van der Waals surface area contributed by atoms with Gasteiger partial charge in [0.15, 0.2) is 0 Å². The molecule has 0 amide bonds. The standard InChI is InChI=1S/C34H26N2O/c1-4-5-6-30-23(3)37-34-16-14-27(18-31(30)34)32-15-13-28(20-35-32)29-17-26-12-11-25(19-33(26)36-21-29)24-9-7-22(2)8-10-24/h4-21H,1H2,2-3H3/b6-5-. The molecule has 178 valence electrons. The van der Waals surface area contributed by atoms with Crippen LogP contribution in [0.3, 0.4) is 0 Å². The maximum Gasteiger partial charge on any atom is 0.134 e. The first-order valence-corrected chi connectivity index (χ1v) is 12.3. The first-order valence-electron chi connectivity index (χ1n) is 12.3. The summed E-state index contributed by atoms with van der Waals surface area (Å²) in [5.74, 6) is 0.892. The number of aromatic nitrogens is 2. The van der Waals surface area contributed by atoms with E-state index in [1.165, 1.54) is 16.7 Å². The van der Waals surface area contributed by atoms with E-state index in [2.05, 4.69) is 86.3 Å². The molecular formula is C34H26N2O. The molecule has 0 aliphatic carbocycles. The molecule has 3 heteroatoms. The van der Waals surface area contributed by atoms with Crippen molar-refractivity contribution in [1.29, 1.82) is 0 Å². The van der Waals surface area contributed by atoms with Gasteiger partial charge in [0, 0.05) is 45.4 Å². The molecule has 3 nitrogen and oxygen atoms in total. The second-order valence-corrected chi connectivity index (χ2v) is 9.31. The molecule has 0 bridgehead atoms. The molecule has 0 radical (unpaired) electrons. The zero-order valence-corrected chi connectivity index (χ0v) is 20.9. The highest BCUT2D eigenvalue weighted by Crippen LogP contribution is 2.32. The van der Waals surface area contributed by atoms with E-state index >= 15 is 0 Å². The van der Waals surface area contributed by atoms with Crippen molar-refractivity contribution >= 4 is 27.9 Å². The molecule has 0 saturated carbocycles. The number of fused-ring (bicyclic) bond motifs is 2. The van der Waals surface area contributed by atoms with Crippen molar-refractivity contribution < 1.29 is 4.42 Å². The summed E-state index contributed by atoms with van der Waals surface area (Å²) in [5, 5.41) is 2.18. The van der Waals surface area contributed by atoms with Gasteiger partial charge in [-0.2, -0.15) is 0 Å². The molecule has 0 N–H and O–H groups in total. The van der Waals surface area contributed by atoms with Crippen LogP contribution in [0.1, 0.15) is 16.9 Å². The molecule has 0 aliphatic heterocycles. The number of pyridine rings is 2. The van der Waals surface area contributed by atoms with Gasteiger partial charge in [-0.15, -0.1) is 0 Å². The lowest BCUT2D eigenvalue weighted by Gasteiger charge is -2.08. The minimum Gasteiger partial charge on any atom is -0.461 e. The van der Waals surface area contributed by atoms with Gasteiger partial charge in [-0.3, -0.25) is 9.97 Å². The maximum absolute atomic E-state index is 5.92. The largest absolute Gasteiger partial charge is 0.461 e. The van der Waals surface area contributed by atoms with E-state index in [0.29, 0.717) is 0 Å². The minimum atomic E-state index is 0.870. The lowest BCUT2D eigenvalue weighted by Crippen LogP contribution is -1.88. The molecule has 0 atom stereocenters. The first-order chi connectivity index (χ1) is 18.1. The highest BCUT2D eigenvalue weighted by molar-refractivity contribution is 5.92. The number of rotatable bonds is 5. The average molecular weight is 479 g/mol. The van der Waals surface area contributed by atoms with E-state index in [0.717, 1.165) is 55.6 Å². The zero-order valence-electron chi connectivity index (χ0n) is 20.9. The van der Waals surface area contributed by atoms with Crippen LogP contribution < -0.4 is 0 Å². The molecule has 0 unspecified atom stereocenters. The molecular weight excluding hydrogens is 452 g/mol. The third-order valence-corrected chi connectivity index (χ3v) is 6.77. The Morgan fingerprint density at radius 3 is 2.24 bits per heavy atom. The molecule has 3 aromatic heterocycles. The Balaban J connectivity index is 1.30. The van der Waals surface area contributed by atoms with Crippen LogP contribution in [0.5, 0.6) is 0 Å². The van der Waals surface area contributed by atoms with Gasteiger partial charge in [-0.05, 0) is 61.4 Å². The molecule has 0 saturated heterocycles. The number of aryl methyl sites for hydroxylation is 2. The third-order valence-electron chi connectivity index (χ3n) is 6.77. The van der Waals surface area contributed by atoms with E-state index in [1.807, 2.05) is 37.5 Å². The molecule has 0 fully saturated rings. The van der Waals surface area contributed by atoms with Gasteiger partial charge in [0.25, 0.3) is 0 Å². The number of furan rings is 1. The van der Waals surface area contributed by atoms with Crippen molar-refractivity contribution in [1.82, 2.24) is 9.97 Å². The summed E-state index contributed by atoms with van der Waals surface area (Å²) in [4.78, 5) is 9.54. The zero-order chi connectivity index (χ0) is 25.4. The smallest absolute Gasteiger partial charge is 0.134 e. The summed E-state index contributed by atoms with van der Waals surface area (Å²) in [7, 11) is 0. The Kier molecular flexibility index (Phi) is 5.74. The number of hydrogen-bond acceptors (Lipinski definition) is 3. The van der Waals surface area contributed by atoms with Crippen molar-refractivity contribution in [2.24, 2.45) is 0 Å². The highest BCUT2D eigenvalue weighted by Gasteiger charge is 2.11. The van der Waals surface area contributed by atoms with Gasteiger partial charge in [-0.1, -0.05) is 72.8 Å². The van der Waals surface area contributed by atoms with Gasteiger partial charge in [0.1, 0.15) is 11.3 Å². The SMILES string of the molecule is C=C/C=C\c1c(C)oc2ccc(-c3ccc(-c4cnc5cc(-c6ccc(C)cc6)ccc5c4)cn3)cc12. The van der Waals surface area contributed by atoms with Crippen LogP contribution in [-0.2, 0) is 0 Å². The Bertz CT molecular complexity index is 1790. The van der Waals surface area contributed by atoms with Gasteiger partial charge < -0.3 is 4.42 Å². The fraction of sp³-hybridized carbons (Fsp3) is 0.0588. The fourth-order valence-corrected chi connectivity index (χ4v) is 4.71. The third kappa shape index (κ3) is 4.36. The van der Waals surface area contributed by atoms with Gasteiger partial charge >= 0.3 is 0 Å². The van der Waals surface area contributed by atoms with Crippen LogP contribution in [0.15, 0.2) is 114 Å². The van der Waals surface area contributed by atoms with Crippen molar-refractivity contribution in [2.45, 2.75) is 13.8 Å². The summed E-state index contributed by atoms with van der Waals surface area (Å²) < 4.78 is 5.92. The average Bonchev–Trinajstić information content (AvgIpc) is 3.25. The van der Waals surface area contributed by atoms with E-state index < -0.39 is 0 Å². The predicted molar refractivity (Wildman–Crippen MR) is 154 cm³/mol. The Hall–Kier alpha value is -4.76. The number of hydrogen-bond donors (Lipinski definition) is 0. The van der Waals surface area contributed by atoms with Gasteiger partial charge in [-0.25, -0.2) is 0 Å². The topological polar surface area (TPSA) is 38.9 Å². The molecule has 6 rings (SSSR count). The molecule has 3 aromatic carbocycles. The summed E-state index contributed by atoms with van der Waals surface area (Å²) >= 11 is 0. The van der Waals surface area contributed by atoms with E-state index in [-0.39, 0.29) is 0 Å². The lowest BCUT2D eigenvalue weighted by molar-refractivity contribution is 0.577. The van der Waals surface area contributed by atoms with Crippen LogP contribution in [0.4, 0.5) is 0 Å². The van der Waals surface area contributed by atoms with Crippen molar-refractivity contribution in [3.63, 3.8) is 0 Å². The highest BCUT2D eigenvalue weighted by atomic mass is 16.3. The molecule has 0 spiro atoms. The van der Waals surface area contributed by atoms with Gasteiger partial charge in [0.05, 0.1) is 11.2 Å². The number of nitrogens with zero attached hydrogens (tertiary/aromatic N) is 2. The fourth-order valence-electron chi connectivity index (χ4n) is 4.71. The van der Waals surface area contributed by atoms with E-state index in [4.69, 9.17) is 14.4 Å². The summed E-state index contributed by atoms with van der Waals surface area (Å²) in [5.41, 5.74) is 10.6. The van der Waals surface area contributed by atoms with Crippen LogP contribution in [0.25, 0.3) is 61.5 Å². The number of allylic oxidation sites excluding steroid dienone is 2. The van der Waals surface area contributed by atoms with E-state index in [1.54, 1.807) is 6.08 Å². The van der Waals surface area contributed by atoms with Crippen LogP contribution in [0, 0.1) is 13.8 Å². The quantitative estimate of drug-likeness (QED) is 0.232. The minimum absolute atomic E-state index is 0.870. The van der Waals surface area contributed by atoms with Crippen LogP contribution in [-0.4, -0.2) is 9.97 Å². The summed E-state index contributed by atoms with van der Waals surface area (Å²) in [6, 6.07) is 27.6. The monoisotopic (exact) mass is 478 g/mol. The Labute approximate surface area is 216 Å². The predicted octanol–water partition coefficient (Wildman–Crippen LogP) is 9.19. The molecule has 37 heavy (non-hydrogen) atoms. The Morgan fingerprint density at radius 2 is 1.46 bits per heavy atom. The van der Waals surface area contributed by atoms with Crippen LogP contribution in [0.2, 0.25) is 0 Å². The Morgan fingerprint density at radius 1 is 0.703 bits per heavy atom. The lowest BCUT2D eigenvalue weighted by atomic mass is 10.0. The van der Waals surface area contributed by atoms with Crippen molar-refractivity contribution in [2.75, 3.05) is 0 Å². The van der Waals surface area contributed by atoms with Gasteiger partial charge in [0.2, 0.25) is 0 Å². The normalized spacial score (nSPS) is 11.5. The van der Waals surface area contributed by atoms with Crippen molar-refractivity contribution in [3.05, 3.63) is 127 Å². The van der Waals surface area contributed by atoms with Crippen molar-refractivity contribution in [3.8, 4) is 33.5 Å². The molecule has 0 aliphatic rings. The number of benzene rings is 3. The van der Waals surface area contributed by atoms with Crippen LogP contribution >= 0.6 is 0 Å².